The van der Waals surface area contributed by atoms with E-state index >= 15 is 0 Å². The first kappa shape index (κ1) is 23.9. The summed E-state index contributed by atoms with van der Waals surface area (Å²) in [5, 5.41) is 5.33. The molecule has 174 valence electrons. The van der Waals surface area contributed by atoms with E-state index in [0.717, 1.165) is 39.6 Å². The second-order valence-electron chi connectivity index (χ2n) is 7.83. The number of thiophene rings is 1. The highest BCUT2D eigenvalue weighted by molar-refractivity contribution is 7.19. The Labute approximate surface area is 207 Å². The van der Waals surface area contributed by atoms with E-state index in [9.17, 15) is 4.79 Å². The molecule has 1 N–H and O–H groups in total. The van der Waals surface area contributed by atoms with Crippen molar-refractivity contribution in [2.75, 3.05) is 45.7 Å². The van der Waals surface area contributed by atoms with Crippen molar-refractivity contribution in [1.29, 1.82) is 0 Å². The molecule has 3 aromatic rings. The highest BCUT2D eigenvalue weighted by Gasteiger charge is 2.25. The Morgan fingerprint density at radius 3 is 2.97 bits per heavy atom. The summed E-state index contributed by atoms with van der Waals surface area (Å²) < 4.78 is 5.08. The number of anilines is 2. The summed E-state index contributed by atoms with van der Waals surface area (Å²) in [4.78, 5) is 27.7. The number of fused-ring (bicyclic) bond motifs is 3. The van der Waals surface area contributed by atoms with Gasteiger partial charge in [0.05, 0.1) is 28.6 Å². The number of amides is 1. The molecular formula is C23H25Cl2N5O2S. The van der Waals surface area contributed by atoms with E-state index < -0.39 is 0 Å². The first-order valence-electron chi connectivity index (χ1n) is 10.6. The van der Waals surface area contributed by atoms with E-state index in [1.54, 1.807) is 43.0 Å². The maximum atomic E-state index is 12.7. The number of hydrogen-bond acceptors (Lipinski definition) is 7. The molecule has 0 saturated carbocycles. The number of nitrogens with zero attached hydrogens (tertiary/aromatic N) is 4. The number of hydrogen-bond donors (Lipinski definition) is 1. The van der Waals surface area contributed by atoms with Crippen molar-refractivity contribution in [3.63, 3.8) is 0 Å². The fourth-order valence-electron chi connectivity index (χ4n) is 3.70. The van der Waals surface area contributed by atoms with Crippen LogP contribution in [0.2, 0.25) is 10.0 Å². The van der Waals surface area contributed by atoms with Crippen molar-refractivity contribution in [1.82, 2.24) is 19.8 Å². The number of nitrogens with one attached hydrogen (secondary N) is 1. The molecule has 3 heterocycles. The maximum absolute atomic E-state index is 12.7. The number of aromatic nitrogens is 2. The SMILES string of the molecule is COCCN(C)C/C=C/C(=O)N1CCc2c(sc3ncnc(Nc4ccc(Cl)c(Cl)c4)c23)C1. The predicted molar refractivity (Wildman–Crippen MR) is 135 cm³/mol. The van der Waals surface area contributed by atoms with Crippen LogP contribution in [0.3, 0.4) is 0 Å². The van der Waals surface area contributed by atoms with Gasteiger partial charge in [-0.3, -0.25) is 4.79 Å². The smallest absolute Gasteiger partial charge is 0.246 e. The summed E-state index contributed by atoms with van der Waals surface area (Å²) in [6.07, 6.45) is 5.88. The summed E-state index contributed by atoms with van der Waals surface area (Å²) in [6.45, 7) is 3.43. The average molecular weight is 506 g/mol. The quantitative estimate of drug-likeness (QED) is 0.445. The molecule has 1 amide bonds. The van der Waals surface area contributed by atoms with Gasteiger partial charge in [0.1, 0.15) is 17.0 Å². The third kappa shape index (κ3) is 5.65. The molecule has 0 unspecified atom stereocenters. The number of likely N-dealkylation sites (N-methyl/N-ethyl adjacent to an activating group) is 1. The van der Waals surface area contributed by atoms with Gasteiger partial charge in [-0.05, 0) is 37.2 Å². The van der Waals surface area contributed by atoms with Gasteiger partial charge in [0.2, 0.25) is 5.91 Å². The van der Waals surface area contributed by atoms with E-state index in [1.807, 2.05) is 24.1 Å². The number of halogens is 2. The lowest BCUT2D eigenvalue weighted by molar-refractivity contribution is -0.126. The van der Waals surface area contributed by atoms with Gasteiger partial charge in [0.15, 0.2) is 0 Å². The van der Waals surface area contributed by atoms with Crippen molar-refractivity contribution in [3.8, 4) is 0 Å². The third-order valence-electron chi connectivity index (χ3n) is 5.49. The zero-order valence-corrected chi connectivity index (χ0v) is 20.8. The number of ether oxygens (including phenoxy) is 1. The molecule has 4 rings (SSSR count). The Hall–Kier alpha value is -2.23. The van der Waals surface area contributed by atoms with Crippen LogP contribution in [0.5, 0.6) is 0 Å². The van der Waals surface area contributed by atoms with Gasteiger partial charge in [-0.15, -0.1) is 11.3 Å². The molecule has 1 aliphatic rings. The fourth-order valence-corrected chi connectivity index (χ4v) is 5.20. The number of methoxy groups -OCH3 is 1. The highest BCUT2D eigenvalue weighted by atomic mass is 35.5. The van der Waals surface area contributed by atoms with Crippen LogP contribution >= 0.6 is 34.5 Å². The first-order valence-corrected chi connectivity index (χ1v) is 12.1. The van der Waals surface area contributed by atoms with E-state index in [4.69, 9.17) is 27.9 Å². The van der Waals surface area contributed by atoms with Crippen LogP contribution in [0.25, 0.3) is 10.2 Å². The second kappa shape index (κ2) is 10.8. The molecule has 1 aliphatic heterocycles. The van der Waals surface area contributed by atoms with Crippen LogP contribution in [0, 0.1) is 0 Å². The van der Waals surface area contributed by atoms with Crippen molar-refractivity contribution < 1.29 is 9.53 Å². The van der Waals surface area contributed by atoms with Crippen LogP contribution in [-0.4, -0.2) is 66.1 Å². The van der Waals surface area contributed by atoms with E-state index in [0.29, 0.717) is 36.3 Å². The molecule has 0 radical (unpaired) electrons. The molecule has 0 bridgehead atoms. The van der Waals surface area contributed by atoms with Crippen LogP contribution in [0.4, 0.5) is 11.5 Å². The zero-order valence-electron chi connectivity index (χ0n) is 18.5. The van der Waals surface area contributed by atoms with E-state index in [2.05, 4.69) is 20.2 Å². The summed E-state index contributed by atoms with van der Waals surface area (Å²) in [7, 11) is 3.69. The molecule has 0 atom stereocenters. The van der Waals surface area contributed by atoms with Crippen molar-refractivity contribution in [2.24, 2.45) is 0 Å². The van der Waals surface area contributed by atoms with Gasteiger partial charge in [0.25, 0.3) is 0 Å². The minimum atomic E-state index is 0.0264. The molecule has 7 nitrogen and oxygen atoms in total. The Balaban J connectivity index is 1.48. The van der Waals surface area contributed by atoms with Gasteiger partial charge in [0, 0.05) is 43.4 Å². The molecule has 33 heavy (non-hydrogen) atoms. The Bertz CT molecular complexity index is 1180. The molecule has 1 aromatic carbocycles. The number of benzene rings is 1. The van der Waals surface area contributed by atoms with Gasteiger partial charge < -0.3 is 19.9 Å². The molecule has 2 aromatic heterocycles. The number of carbonyl (C=O) groups is 1. The normalized spacial score (nSPS) is 13.8. The Morgan fingerprint density at radius 1 is 1.33 bits per heavy atom. The Morgan fingerprint density at radius 2 is 2.18 bits per heavy atom. The van der Waals surface area contributed by atoms with Crippen molar-refractivity contribution in [2.45, 2.75) is 13.0 Å². The monoisotopic (exact) mass is 505 g/mol. The third-order valence-corrected chi connectivity index (χ3v) is 7.35. The van der Waals surface area contributed by atoms with Crippen LogP contribution in [0.1, 0.15) is 10.4 Å². The molecule has 0 spiro atoms. The molecule has 10 heteroatoms. The molecule has 0 fully saturated rings. The van der Waals surface area contributed by atoms with Crippen LogP contribution in [-0.2, 0) is 22.5 Å². The largest absolute Gasteiger partial charge is 0.383 e. The number of carbonyl (C=O) groups excluding carboxylic acids is 1. The zero-order chi connectivity index (χ0) is 23.4. The van der Waals surface area contributed by atoms with Gasteiger partial charge >= 0.3 is 0 Å². The summed E-state index contributed by atoms with van der Waals surface area (Å²) in [5.41, 5.74) is 2.00. The van der Waals surface area contributed by atoms with Crippen LogP contribution < -0.4 is 5.32 Å². The van der Waals surface area contributed by atoms with Gasteiger partial charge in [-0.1, -0.05) is 29.3 Å². The topological polar surface area (TPSA) is 70.6 Å². The minimum absolute atomic E-state index is 0.0264. The second-order valence-corrected chi connectivity index (χ2v) is 9.73. The highest BCUT2D eigenvalue weighted by Crippen LogP contribution is 2.38. The van der Waals surface area contributed by atoms with E-state index in [-0.39, 0.29) is 5.91 Å². The summed E-state index contributed by atoms with van der Waals surface area (Å²) in [6, 6.07) is 5.39. The van der Waals surface area contributed by atoms with Gasteiger partial charge in [-0.25, -0.2) is 9.97 Å². The standard InChI is InChI=1S/C23H25Cl2N5O2S/c1-29(10-11-32-2)8-3-4-20(31)30-9-7-16-19(13-30)33-23-21(16)22(26-14-27-23)28-15-5-6-17(24)18(25)12-15/h3-6,12,14H,7-11,13H2,1-2H3,(H,26,27,28)/b4-3+. The first-order chi connectivity index (χ1) is 16.0. The summed E-state index contributed by atoms with van der Waals surface area (Å²) >= 11 is 13.8. The molecule has 0 saturated heterocycles. The lowest BCUT2D eigenvalue weighted by atomic mass is 10.0. The maximum Gasteiger partial charge on any atom is 0.246 e. The lowest BCUT2D eigenvalue weighted by Crippen LogP contribution is -2.34. The van der Waals surface area contributed by atoms with Crippen molar-refractivity contribution in [3.05, 3.63) is 57.2 Å². The summed E-state index contributed by atoms with van der Waals surface area (Å²) in [5.74, 6) is 0.758. The molecular weight excluding hydrogens is 481 g/mol. The lowest BCUT2D eigenvalue weighted by Gasteiger charge is -2.26. The predicted octanol–water partition coefficient (Wildman–Crippen LogP) is 4.76. The van der Waals surface area contributed by atoms with Crippen LogP contribution in [0.15, 0.2) is 36.7 Å². The minimum Gasteiger partial charge on any atom is -0.383 e. The fraction of sp³-hybridized carbons (Fsp3) is 0.348. The van der Waals surface area contributed by atoms with E-state index in [1.165, 1.54) is 5.56 Å². The Kier molecular flexibility index (Phi) is 7.82. The number of rotatable bonds is 8. The average Bonchev–Trinajstić information content (AvgIpc) is 3.18. The van der Waals surface area contributed by atoms with Crippen molar-refractivity contribution >= 4 is 62.2 Å². The van der Waals surface area contributed by atoms with Gasteiger partial charge in [-0.2, -0.15) is 0 Å². The molecule has 0 aliphatic carbocycles.